The van der Waals surface area contributed by atoms with Crippen molar-refractivity contribution in [2.24, 2.45) is 0 Å². The molecule has 0 fully saturated rings. The van der Waals surface area contributed by atoms with Crippen LogP contribution in [0.5, 0.6) is 5.75 Å². The number of amides is 1. The van der Waals surface area contributed by atoms with Crippen LogP contribution in [0.2, 0.25) is 0 Å². The topological polar surface area (TPSA) is 81.7 Å². The molecule has 1 amide bonds. The third kappa shape index (κ3) is 6.65. The maximum Gasteiger partial charge on any atom is 0.387 e. The summed E-state index contributed by atoms with van der Waals surface area (Å²) in [5.74, 6) is -1.83. The molecule has 30 heavy (non-hydrogen) atoms. The van der Waals surface area contributed by atoms with Crippen LogP contribution < -0.4 is 10.1 Å². The Hall–Kier alpha value is -3.29. The standard InChI is InChI=1S/C22H23F2NO5/c1-13-8-9-14(2)16(12-13)18(26)10-11-20(27)29-15(3)21(28)25-17-6-4-5-7-19(17)30-22(23)24/h4-9,12,15,22H,10-11H2,1-3H3,(H,25,28)/t15-/m0/s1. The van der Waals surface area contributed by atoms with Gasteiger partial charge in [0.05, 0.1) is 12.1 Å². The van der Waals surface area contributed by atoms with E-state index in [2.05, 4.69) is 10.1 Å². The Morgan fingerprint density at radius 3 is 2.43 bits per heavy atom. The predicted molar refractivity (Wildman–Crippen MR) is 107 cm³/mol. The molecule has 0 aliphatic rings. The molecule has 6 nitrogen and oxygen atoms in total. The number of para-hydroxylation sites is 2. The van der Waals surface area contributed by atoms with Crippen LogP contribution in [-0.2, 0) is 14.3 Å². The van der Waals surface area contributed by atoms with Crippen molar-refractivity contribution in [3.05, 3.63) is 59.2 Å². The number of hydrogen-bond donors (Lipinski definition) is 1. The van der Waals surface area contributed by atoms with Gasteiger partial charge in [0.25, 0.3) is 5.91 Å². The summed E-state index contributed by atoms with van der Waals surface area (Å²) in [7, 11) is 0. The number of alkyl halides is 2. The fourth-order valence-corrected chi connectivity index (χ4v) is 2.70. The van der Waals surface area contributed by atoms with Crippen LogP contribution in [0.15, 0.2) is 42.5 Å². The van der Waals surface area contributed by atoms with E-state index in [9.17, 15) is 23.2 Å². The molecule has 0 radical (unpaired) electrons. The number of esters is 1. The van der Waals surface area contributed by atoms with E-state index >= 15 is 0 Å². The number of ether oxygens (including phenoxy) is 2. The minimum absolute atomic E-state index is 0.0239. The second-order valence-corrected chi connectivity index (χ2v) is 6.74. The Labute approximate surface area is 173 Å². The van der Waals surface area contributed by atoms with Gasteiger partial charge >= 0.3 is 12.6 Å². The van der Waals surface area contributed by atoms with Gasteiger partial charge in [-0.1, -0.05) is 29.8 Å². The molecule has 0 saturated carbocycles. The number of halogens is 2. The lowest BCUT2D eigenvalue weighted by Crippen LogP contribution is -2.30. The van der Waals surface area contributed by atoms with E-state index in [4.69, 9.17) is 4.74 Å². The zero-order valence-corrected chi connectivity index (χ0v) is 16.9. The number of anilines is 1. The second kappa shape index (κ2) is 10.5. The lowest BCUT2D eigenvalue weighted by molar-refractivity contribution is -0.153. The highest BCUT2D eigenvalue weighted by molar-refractivity contribution is 5.99. The largest absolute Gasteiger partial charge is 0.453 e. The molecule has 2 aromatic carbocycles. The van der Waals surface area contributed by atoms with E-state index in [0.29, 0.717) is 5.56 Å². The van der Waals surface area contributed by atoms with Gasteiger partial charge in [0.15, 0.2) is 11.9 Å². The van der Waals surface area contributed by atoms with Gasteiger partial charge in [-0.2, -0.15) is 8.78 Å². The van der Waals surface area contributed by atoms with Crippen molar-refractivity contribution in [2.45, 2.75) is 46.3 Å². The molecule has 2 aromatic rings. The monoisotopic (exact) mass is 419 g/mol. The molecule has 0 aliphatic carbocycles. The molecule has 160 valence electrons. The normalized spacial score (nSPS) is 11.7. The summed E-state index contributed by atoms with van der Waals surface area (Å²) < 4.78 is 34.3. The first kappa shape index (κ1) is 23.0. The molecule has 2 rings (SSSR count). The molecular weight excluding hydrogens is 396 g/mol. The number of benzene rings is 2. The molecular formula is C22H23F2NO5. The van der Waals surface area contributed by atoms with Crippen molar-refractivity contribution in [1.82, 2.24) is 0 Å². The van der Waals surface area contributed by atoms with Gasteiger partial charge in [-0.05, 0) is 44.5 Å². The molecule has 8 heteroatoms. The molecule has 0 bridgehead atoms. The zero-order chi connectivity index (χ0) is 22.3. The van der Waals surface area contributed by atoms with Crippen LogP contribution in [0.1, 0.15) is 41.3 Å². The highest BCUT2D eigenvalue weighted by Gasteiger charge is 2.21. The van der Waals surface area contributed by atoms with Gasteiger partial charge in [0.1, 0.15) is 5.75 Å². The lowest BCUT2D eigenvalue weighted by atomic mass is 9.99. The Balaban J connectivity index is 1.89. The Morgan fingerprint density at radius 2 is 1.73 bits per heavy atom. The minimum Gasteiger partial charge on any atom is -0.453 e. The van der Waals surface area contributed by atoms with Gasteiger partial charge in [-0.15, -0.1) is 0 Å². The summed E-state index contributed by atoms with van der Waals surface area (Å²) in [5.41, 5.74) is 2.32. The van der Waals surface area contributed by atoms with Crippen molar-refractivity contribution < 1.29 is 32.6 Å². The van der Waals surface area contributed by atoms with E-state index in [1.54, 1.807) is 6.07 Å². The molecule has 0 saturated heterocycles. The second-order valence-electron chi connectivity index (χ2n) is 6.74. The quantitative estimate of drug-likeness (QED) is 0.480. The van der Waals surface area contributed by atoms with Gasteiger partial charge in [0.2, 0.25) is 0 Å². The van der Waals surface area contributed by atoms with Gasteiger partial charge < -0.3 is 14.8 Å². The lowest BCUT2D eigenvalue weighted by Gasteiger charge is -2.15. The minimum atomic E-state index is -3.05. The molecule has 0 unspecified atom stereocenters. The predicted octanol–water partition coefficient (Wildman–Crippen LogP) is 4.44. The maximum atomic E-state index is 12.5. The first-order valence-corrected chi connectivity index (χ1v) is 9.32. The van der Waals surface area contributed by atoms with Crippen molar-refractivity contribution in [3.63, 3.8) is 0 Å². The van der Waals surface area contributed by atoms with Crippen LogP contribution in [-0.4, -0.2) is 30.4 Å². The maximum absolute atomic E-state index is 12.5. The highest BCUT2D eigenvalue weighted by Crippen LogP contribution is 2.25. The summed E-state index contributed by atoms with van der Waals surface area (Å²) in [6.45, 7) is 1.98. The smallest absolute Gasteiger partial charge is 0.387 e. The van der Waals surface area contributed by atoms with Crippen LogP contribution in [0.25, 0.3) is 0 Å². The van der Waals surface area contributed by atoms with Gasteiger partial charge in [-0.3, -0.25) is 14.4 Å². The summed E-state index contributed by atoms with van der Waals surface area (Å²) >= 11 is 0. The zero-order valence-electron chi connectivity index (χ0n) is 16.9. The molecule has 0 aliphatic heterocycles. The molecule has 0 heterocycles. The number of rotatable bonds is 9. The first-order valence-electron chi connectivity index (χ1n) is 9.32. The van der Waals surface area contributed by atoms with Crippen LogP contribution >= 0.6 is 0 Å². The number of carbonyl (C=O) groups excluding carboxylic acids is 3. The van der Waals surface area contributed by atoms with Crippen molar-refractivity contribution >= 4 is 23.3 Å². The summed E-state index contributed by atoms with van der Waals surface area (Å²) in [6.07, 6.45) is -1.43. The van der Waals surface area contributed by atoms with E-state index in [-0.39, 0.29) is 30.1 Å². The van der Waals surface area contributed by atoms with Crippen molar-refractivity contribution in [2.75, 3.05) is 5.32 Å². The number of carbonyl (C=O) groups is 3. The van der Waals surface area contributed by atoms with Crippen molar-refractivity contribution in [1.29, 1.82) is 0 Å². The van der Waals surface area contributed by atoms with E-state index < -0.39 is 24.6 Å². The summed E-state index contributed by atoms with van der Waals surface area (Å²) in [5, 5.41) is 2.38. The Morgan fingerprint density at radius 1 is 1.03 bits per heavy atom. The average molecular weight is 419 g/mol. The Bertz CT molecular complexity index is 929. The molecule has 1 atom stereocenters. The van der Waals surface area contributed by atoms with E-state index in [0.717, 1.165) is 11.1 Å². The van der Waals surface area contributed by atoms with Crippen molar-refractivity contribution in [3.8, 4) is 5.75 Å². The number of nitrogens with one attached hydrogen (secondary N) is 1. The number of aryl methyl sites for hydroxylation is 2. The average Bonchev–Trinajstić information content (AvgIpc) is 2.69. The number of hydrogen-bond acceptors (Lipinski definition) is 5. The molecule has 0 aromatic heterocycles. The fourth-order valence-electron chi connectivity index (χ4n) is 2.70. The first-order chi connectivity index (χ1) is 14.2. The van der Waals surface area contributed by atoms with Gasteiger partial charge in [0, 0.05) is 12.0 Å². The third-order valence-electron chi connectivity index (χ3n) is 4.29. The fraction of sp³-hybridized carbons (Fsp3) is 0.318. The molecule has 1 N–H and O–H groups in total. The van der Waals surface area contributed by atoms with E-state index in [1.807, 2.05) is 26.0 Å². The van der Waals surface area contributed by atoms with Gasteiger partial charge in [-0.25, -0.2) is 0 Å². The number of ketones is 1. The summed E-state index contributed by atoms with van der Waals surface area (Å²) in [4.78, 5) is 36.6. The highest BCUT2D eigenvalue weighted by atomic mass is 19.3. The van der Waals surface area contributed by atoms with Crippen LogP contribution in [0.4, 0.5) is 14.5 Å². The van der Waals surface area contributed by atoms with Crippen LogP contribution in [0, 0.1) is 13.8 Å². The van der Waals surface area contributed by atoms with E-state index in [1.165, 1.54) is 31.2 Å². The van der Waals surface area contributed by atoms with Crippen LogP contribution in [0.3, 0.4) is 0 Å². The third-order valence-corrected chi connectivity index (χ3v) is 4.29. The molecule has 0 spiro atoms. The summed E-state index contributed by atoms with van der Waals surface area (Å²) in [6, 6.07) is 11.2. The Kier molecular flexibility index (Phi) is 8.03. The number of Topliss-reactive ketones (excluding diaryl/α,β-unsaturated/α-hetero) is 1. The SMILES string of the molecule is Cc1ccc(C)c(C(=O)CCC(=O)O[C@@H](C)C(=O)Nc2ccccc2OC(F)F)c1.